The van der Waals surface area contributed by atoms with E-state index in [-0.39, 0.29) is 17.7 Å². The molecule has 1 saturated heterocycles. The molecule has 1 aliphatic heterocycles. The van der Waals surface area contributed by atoms with Gasteiger partial charge in [-0.05, 0) is 30.7 Å². The number of urea groups is 1. The van der Waals surface area contributed by atoms with Gasteiger partial charge < -0.3 is 14.8 Å². The van der Waals surface area contributed by atoms with E-state index >= 15 is 0 Å². The number of Topliss-reactive ketones (excluding diaryl/α,β-unsaturated/α-hetero) is 1. The summed E-state index contributed by atoms with van der Waals surface area (Å²) in [5.41, 5.74) is 0. The number of carbonyl (C=O) groups excluding carboxylic acids is 2. The summed E-state index contributed by atoms with van der Waals surface area (Å²) in [5.74, 6) is 1.17. The topological polar surface area (TPSA) is 67.2 Å². The van der Waals surface area contributed by atoms with Crippen LogP contribution in [0.5, 0.6) is 0 Å². The Kier molecular flexibility index (Phi) is 6.44. The Labute approximate surface area is 158 Å². The monoisotopic (exact) mass is 374 g/mol. The van der Waals surface area contributed by atoms with Gasteiger partial charge in [-0.25, -0.2) is 9.78 Å². The number of piperidine rings is 1. The first-order valence-corrected chi connectivity index (χ1v) is 10.2. The number of aromatic nitrogens is 2. The minimum atomic E-state index is -0.0776. The number of imidazole rings is 1. The lowest BCUT2D eigenvalue weighted by Crippen LogP contribution is -2.47. The van der Waals surface area contributed by atoms with Crippen molar-refractivity contribution in [3.63, 3.8) is 0 Å². The molecule has 140 valence electrons. The molecule has 0 bridgehead atoms. The first-order valence-electron chi connectivity index (χ1n) is 9.29. The second kappa shape index (κ2) is 8.98. The van der Waals surface area contributed by atoms with Crippen LogP contribution in [0.15, 0.2) is 29.9 Å². The van der Waals surface area contributed by atoms with E-state index in [2.05, 4.69) is 21.8 Å². The van der Waals surface area contributed by atoms with Crippen LogP contribution in [-0.2, 0) is 13.0 Å². The van der Waals surface area contributed by atoms with Gasteiger partial charge in [0.05, 0.1) is 4.88 Å². The predicted molar refractivity (Wildman–Crippen MR) is 103 cm³/mol. The van der Waals surface area contributed by atoms with Crippen LogP contribution < -0.4 is 5.32 Å². The molecule has 7 heteroatoms. The normalized spacial score (nSPS) is 17.3. The first-order chi connectivity index (χ1) is 12.7. The number of hydrogen-bond donors (Lipinski definition) is 1. The number of aryl methyl sites for hydroxylation is 2. The minimum Gasteiger partial charge on any atom is -0.338 e. The number of hydrogen-bond acceptors (Lipinski definition) is 4. The van der Waals surface area contributed by atoms with E-state index in [9.17, 15) is 9.59 Å². The summed E-state index contributed by atoms with van der Waals surface area (Å²) >= 11 is 1.48. The molecule has 3 heterocycles. The third-order valence-corrected chi connectivity index (χ3v) is 5.70. The number of rotatable bonds is 7. The van der Waals surface area contributed by atoms with Crippen molar-refractivity contribution < 1.29 is 9.59 Å². The van der Waals surface area contributed by atoms with Crippen LogP contribution in [0.1, 0.15) is 41.7 Å². The van der Waals surface area contributed by atoms with Crippen LogP contribution in [0.3, 0.4) is 0 Å². The standard InChI is InChI=1S/C19H26N4O2S/c1-2-17-20-9-12-22(17)11-5-8-21-19(25)23-10-3-6-15(14-23)18(24)16-7-4-13-26-16/h4,7,9,12-13,15H,2-3,5-6,8,10-11,14H2,1H3,(H,21,25)/t15-/m0/s1. The highest BCUT2D eigenvalue weighted by Gasteiger charge is 2.29. The van der Waals surface area contributed by atoms with Crippen molar-refractivity contribution in [3.8, 4) is 0 Å². The Hall–Kier alpha value is -2.15. The highest BCUT2D eigenvalue weighted by molar-refractivity contribution is 7.12. The fourth-order valence-corrected chi connectivity index (χ4v) is 4.15. The van der Waals surface area contributed by atoms with E-state index in [4.69, 9.17) is 0 Å². The van der Waals surface area contributed by atoms with Gasteiger partial charge in [0, 0.05) is 50.9 Å². The molecule has 0 aliphatic carbocycles. The molecule has 2 amide bonds. The molecule has 0 radical (unpaired) electrons. The average Bonchev–Trinajstić information content (AvgIpc) is 3.36. The molecule has 2 aromatic heterocycles. The summed E-state index contributed by atoms with van der Waals surface area (Å²) in [6, 6.07) is 3.71. The summed E-state index contributed by atoms with van der Waals surface area (Å²) < 4.78 is 2.13. The number of amides is 2. The molecule has 26 heavy (non-hydrogen) atoms. The summed E-state index contributed by atoms with van der Waals surface area (Å²) in [7, 11) is 0. The van der Waals surface area contributed by atoms with Crippen molar-refractivity contribution >= 4 is 23.2 Å². The van der Waals surface area contributed by atoms with E-state index in [0.29, 0.717) is 13.1 Å². The van der Waals surface area contributed by atoms with Crippen molar-refractivity contribution in [2.24, 2.45) is 5.92 Å². The predicted octanol–water partition coefficient (Wildman–Crippen LogP) is 3.20. The van der Waals surface area contributed by atoms with Crippen molar-refractivity contribution in [1.82, 2.24) is 19.8 Å². The smallest absolute Gasteiger partial charge is 0.317 e. The Morgan fingerprint density at radius 1 is 1.42 bits per heavy atom. The second-order valence-corrected chi connectivity index (χ2v) is 7.55. The van der Waals surface area contributed by atoms with Gasteiger partial charge in [0.2, 0.25) is 0 Å². The average molecular weight is 375 g/mol. The Morgan fingerprint density at radius 3 is 3.08 bits per heavy atom. The van der Waals surface area contributed by atoms with Gasteiger partial charge in [0.15, 0.2) is 5.78 Å². The maximum Gasteiger partial charge on any atom is 0.317 e. The van der Waals surface area contributed by atoms with Crippen LogP contribution in [0.4, 0.5) is 4.79 Å². The minimum absolute atomic E-state index is 0.0602. The van der Waals surface area contributed by atoms with Gasteiger partial charge in [-0.15, -0.1) is 11.3 Å². The number of nitrogens with zero attached hydrogens (tertiary/aromatic N) is 3. The van der Waals surface area contributed by atoms with Crippen LogP contribution in [0, 0.1) is 5.92 Å². The van der Waals surface area contributed by atoms with Crippen LogP contribution in [-0.4, -0.2) is 45.9 Å². The van der Waals surface area contributed by atoms with Crippen molar-refractivity contribution in [2.75, 3.05) is 19.6 Å². The fourth-order valence-electron chi connectivity index (χ4n) is 3.41. The van der Waals surface area contributed by atoms with E-state index in [1.54, 1.807) is 4.90 Å². The number of nitrogens with one attached hydrogen (secondary N) is 1. The molecule has 2 aromatic rings. The van der Waals surface area contributed by atoms with Crippen LogP contribution in [0.25, 0.3) is 0 Å². The quantitative estimate of drug-likeness (QED) is 0.598. The van der Waals surface area contributed by atoms with Gasteiger partial charge in [0.25, 0.3) is 0 Å². The van der Waals surface area contributed by atoms with Gasteiger partial charge >= 0.3 is 6.03 Å². The van der Waals surface area contributed by atoms with Gasteiger partial charge in [-0.2, -0.15) is 0 Å². The lowest BCUT2D eigenvalue weighted by molar-refractivity contribution is 0.0850. The highest BCUT2D eigenvalue weighted by Crippen LogP contribution is 2.23. The Bertz CT molecular complexity index is 726. The zero-order valence-electron chi connectivity index (χ0n) is 15.2. The second-order valence-electron chi connectivity index (χ2n) is 6.60. The number of thiophene rings is 1. The van der Waals surface area contributed by atoms with Crippen molar-refractivity contribution in [2.45, 2.75) is 39.2 Å². The zero-order chi connectivity index (χ0) is 18.4. The summed E-state index contributed by atoms with van der Waals surface area (Å²) in [6.07, 6.45) is 7.31. The van der Waals surface area contributed by atoms with Crippen LogP contribution in [0.2, 0.25) is 0 Å². The maximum absolute atomic E-state index is 12.5. The van der Waals surface area contributed by atoms with Crippen molar-refractivity contribution in [3.05, 3.63) is 40.6 Å². The van der Waals surface area contributed by atoms with E-state index in [1.807, 2.05) is 29.9 Å². The molecule has 6 nitrogen and oxygen atoms in total. The Balaban J connectivity index is 1.43. The van der Waals surface area contributed by atoms with Gasteiger partial charge in [-0.1, -0.05) is 13.0 Å². The Morgan fingerprint density at radius 2 is 2.31 bits per heavy atom. The summed E-state index contributed by atoms with van der Waals surface area (Å²) in [5, 5.41) is 4.91. The lowest BCUT2D eigenvalue weighted by Gasteiger charge is -2.31. The third-order valence-electron chi connectivity index (χ3n) is 4.81. The van der Waals surface area contributed by atoms with Gasteiger partial charge in [-0.3, -0.25) is 4.79 Å². The number of carbonyl (C=O) groups is 2. The largest absolute Gasteiger partial charge is 0.338 e. The third kappa shape index (κ3) is 4.52. The fraction of sp³-hybridized carbons (Fsp3) is 0.526. The van der Waals surface area contributed by atoms with E-state index in [0.717, 1.165) is 49.5 Å². The maximum atomic E-state index is 12.5. The molecule has 1 atom stereocenters. The van der Waals surface area contributed by atoms with E-state index < -0.39 is 0 Å². The molecule has 0 unspecified atom stereocenters. The number of likely N-dealkylation sites (tertiary alicyclic amines) is 1. The molecular weight excluding hydrogens is 348 g/mol. The summed E-state index contributed by atoms with van der Waals surface area (Å²) in [6.45, 7) is 4.81. The highest BCUT2D eigenvalue weighted by atomic mass is 32.1. The molecule has 1 N–H and O–H groups in total. The van der Waals surface area contributed by atoms with Crippen LogP contribution >= 0.6 is 11.3 Å². The molecular formula is C19H26N4O2S. The number of ketones is 1. The zero-order valence-corrected chi connectivity index (χ0v) is 16.0. The molecule has 3 rings (SSSR count). The molecule has 1 aliphatic rings. The van der Waals surface area contributed by atoms with Crippen molar-refractivity contribution in [1.29, 1.82) is 0 Å². The molecule has 1 fully saturated rings. The molecule has 0 spiro atoms. The molecule has 0 aromatic carbocycles. The first kappa shape index (κ1) is 18.6. The van der Waals surface area contributed by atoms with E-state index in [1.165, 1.54) is 11.3 Å². The summed E-state index contributed by atoms with van der Waals surface area (Å²) in [4.78, 5) is 31.8. The molecule has 0 saturated carbocycles. The lowest BCUT2D eigenvalue weighted by atomic mass is 9.93. The SMILES string of the molecule is CCc1nccn1CCCNC(=O)N1CCC[C@H](C(=O)c2cccs2)C1. The van der Waals surface area contributed by atoms with Gasteiger partial charge in [0.1, 0.15) is 5.82 Å².